The van der Waals surface area contributed by atoms with Gasteiger partial charge in [-0.3, -0.25) is 19.9 Å². The van der Waals surface area contributed by atoms with E-state index < -0.39 is 0 Å². The second kappa shape index (κ2) is 10.1. The molecule has 40 heavy (non-hydrogen) atoms. The number of rotatable bonds is 6. The van der Waals surface area contributed by atoms with Gasteiger partial charge >= 0.3 is 0 Å². The van der Waals surface area contributed by atoms with Gasteiger partial charge in [-0.05, 0) is 66.7 Å². The number of hydrogen-bond donors (Lipinski definition) is 0. The van der Waals surface area contributed by atoms with Crippen molar-refractivity contribution in [2.75, 3.05) is 0 Å². The summed E-state index contributed by atoms with van der Waals surface area (Å²) in [4.78, 5) is 17.3. The number of hydrogen-bond acceptors (Lipinski definition) is 10. The smallest absolute Gasteiger partial charge is 0.249 e. The lowest BCUT2D eigenvalue weighted by Gasteiger charge is -2.01. The van der Waals surface area contributed by atoms with E-state index in [4.69, 9.17) is 8.83 Å². The van der Waals surface area contributed by atoms with E-state index >= 15 is 0 Å². The SMILES string of the molecule is c1cncc(-c2ccc(-c3nnc(-c4cccc(-c5nnc(-c6ccc(-c7cccnc7)nc6)o5)c4)o3)cn2)c1. The fourth-order valence-corrected chi connectivity index (χ4v) is 4.11. The maximum Gasteiger partial charge on any atom is 0.249 e. The van der Waals surface area contributed by atoms with Gasteiger partial charge in [-0.15, -0.1) is 20.4 Å². The lowest BCUT2D eigenvalue weighted by atomic mass is 10.1. The molecule has 0 atom stereocenters. The molecule has 10 nitrogen and oxygen atoms in total. The average Bonchev–Trinajstić information content (AvgIpc) is 3.74. The van der Waals surface area contributed by atoms with Crippen LogP contribution in [0, 0.1) is 0 Å². The predicted molar refractivity (Wildman–Crippen MR) is 146 cm³/mol. The van der Waals surface area contributed by atoms with Crippen molar-refractivity contribution in [1.82, 2.24) is 40.3 Å². The van der Waals surface area contributed by atoms with Crippen molar-refractivity contribution >= 4 is 0 Å². The van der Waals surface area contributed by atoms with Gasteiger partial charge in [0.25, 0.3) is 0 Å². The maximum atomic E-state index is 5.96. The summed E-state index contributed by atoms with van der Waals surface area (Å²) in [6, 6.07) is 22.7. The largest absolute Gasteiger partial charge is 0.416 e. The Balaban J connectivity index is 1.10. The van der Waals surface area contributed by atoms with Crippen molar-refractivity contribution in [3.8, 4) is 68.3 Å². The molecule has 7 rings (SSSR count). The Labute approximate surface area is 227 Å². The molecule has 7 aromatic rings. The van der Waals surface area contributed by atoms with E-state index in [9.17, 15) is 0 Å². The summed E-state index contributed by atoms with van der Waals surface area (Å²) in [7, 11) is 0. The highest BCUT2D eigenvalue weighted by Gasteiger charge is 2.15. The highest BCUT2D eigenvalue weighted by molar-refractivity contribution is 5.67. The molecule has 0 radical (unpaired) electrons. The van der Waals surface area contributed by atoms with Crippen LogP contribution in [0.2, 0.25) is 0 Å². The summed E-state index contributed by atoms with van der Waals surface area (Å²) in [5.41, 5.74) is 6.35. The Kier molecular flexibility index (Phi) is 5.87. The van der Waals surface area contributed by atoms with Gasteiger partial charge in [0, 0.05) is 59.4 Å². The third-order valence-electron chi connectivity index (χ3n) is 6.14. The molecule has 0 spiro atoms. The molecule has 6 aromatic heterocycles. The summed E-state index contributed by atoms with van der Waals surface area (Å²) in [6.45, 7) is 0. The van der Waals surface area contributed by atoms with Crippen molar-refractivity contribution < 1.29 is 8.83 Å². The van der Waals surface area contributed by atoms with Gasteiger partial charge in [0.1, 0.15) is 0 Å². The first-order valence-corrected chi connectivity index (χ1v) is 12.3. The molecule has 1 aromatic carbocycles. The van der Waals surface area contributed by atoms with Gasteiger partial charge in [-0.1, -0.05) is 6.07 Å². The number of nitrogens with zero attached hydrogens (tertiary/aromatic N) is 8. The summed E-state index contributed by atoms with van der Waals surface area (Å²) in [6.07, 6.45) is 10.4. The molecule has 190 valence electrons. The van der Waals surface area contributed by atoms with Crippen LogP contribution >= 0.6 is 0 Å². The van der Waals surface area contributed by atoms with Crippen LogP contribution in [0.4, 0.5) is 0 Å². The van der Waals surface area contributed by atoms with Gasteiger partial charge < -0.3 is 8.83 Å². The van der Waals surface area contributed by atoms with E-state index in [2.05, 4.69) is 40.3 Å². The van der Waals surface area contributed by atoms with E-state index in [-0.39, 0.29) is 0 Å². The van der Waals surface area contributed by atoms with E-state index in [1.54, 1.807) is 37.2 Å². The minimum absolute atomic E-state index is 0.364. The minimum Gasteiger partial charge on any atom is -0.416 e. The van der Waals surface area contributed by atoms with Crippen molar-refractivity contribution in [3.63, 3.8) is 0 Å². The second-order valence-corrected chi connectivity index (χ2v) is 8.75. The van der Waals surface area contributed by atoms with Crippen molar-refractivity contribution in [2.24, 2.45) is 0 Å². The standard InChI is InChI=1S/C30H18N8O2/c1-4-19(27-35-37-29(39-27)23-8-10-25(33-17-23)21-6-2-12-31-15-21)14-20(5-1)28-36-38-30(40-28)24-9-11-26(34-18-24)22-7-3-13-32-16-22/h1-18H. The Morgan fingerprint density at radius 2 is 0.850 bits per heavy atom. The number of pyridine rings is 4. The zero-order valence-corrected chi connectivity index (χ0v) is 20.8. The average molecular weight is 523 g/mol. The summed E-state index contributed by atoms with van der Waals surface area (Å²) in [5.74, 6) is 1.46. The van der Waals surface area contributed by atoms with Crippen LogP contribution in [0.25, 0.3) is 68.3 Å². The highest BCUT2D eigenvalue weighted by Crippen LogP contribution is 2.30. The molecule has 0 aliphatic rings. The number of aromatic nitrogens is 8. The van der Waals surface area contributed by atoms with E-state index in [1.165, 1.54) is 0 Å². The van der Waals surface area contributed by atoms with Gasteiger partial charge in [-0.2, -0.15) is 0 Å². The van der Waals surface area contributed by atoms with Gasteiger partial charge in [0.05, 0.1) is 22.5 Å². The first-order chi connectivity index (χ1) is 19.8. The fraction of sp³-hybridized carbons (Fsp3) is 0. The van der Waals surface area contributed by atoms with Crippen LogP contribution in [-0.4, -0.2) is 40.3 Å². The lowest BCUT2D eigenvalue weighted by Crippen LogP contribution is -1.85. The van der Waals surface area contributed by atoms with E-state index in [0.29, 0.717) is 34.7 Å². The number of benzene rings is 1. The Morgan fingerprint density at radius 1 is 0.400 bits per heavy atom. The van der Waals surface area contributed by atoms with Crippen molar-refractivity contribution in [2.45, 2.75) is 0 Å². The predicted octanol–water partition coefficient (Wildman–Crippen LogP) is 6.03. The summed E-state index contributed by atoms with van der Waals surface area (Å²) in [5, 5.41) is 16.9. The molecule has 10 heteroatoms. The normalized spacial score (nSPS) is 11.0. The molecular weight excluding hydrogens is 504 g/mol. The van der Waals surface area contributed by atoms with Crippen molar-refractivity contribution in [3.05, 3.63) is 110 Å². The monoisotopic (exact) mass is 522 g/mol. The molecule has 0 saturated carbocycles. The van der Waals surface area contributed by atoms with E-state index in [0.717, 1.165) is 33.6 Å². The van der Waals surface area contributed by atoms with Crippen LogP contribution in [0.1, 0.15) is 0 Å². The van der Waals surface area contributed by atoms with E-state index in [1.807, 2.05) is 72.8 Å². The Hall–Kier alpha value is -5.90. The third-order valence-corrected chi connectivity index (χ3v) is 6.14. The quantitative estimate of drug-likeness (QED) is 0.255. The zero-order valence-electron chi connectivity index (χ0n) is 20.8. The molecule has 0 aliphatic carbocycles. The molecular formula is C30H18N8O2. The Bertz CT molecular complexity index is 1750. The molecule has 0 N–H and O–H groups in total. The molecule has 0 amide bonds. The third kappa shape index (κ3) is 4.61. The maximum absolute atomic E-state index is 5.96. The molecule has 0 bridgehead atoms. The minimum atomic E-state index is 0.364. The second-order valence-electron chi connectivity index (χ2n) is 8.75. The van der Waals surface area contributed by atoms with Gasteiger partial charge in [0.15, 0.2) is 0 Å². The lowest BCUT2D eigenvalue weighted by molar-refractivity contribution is 0.582. The fourth-order valence-electron chi connectivity index (χ4n) is 4.11. The molecule has 0 saturated heterocycles. The zero-order chi connectivity index (χ0) is 26.7. The van der Waals surface area contributed by atoms with Crippen molar-refractivity contribution in [1.29, 1.82) is 0 Å². The summed E-state index contributed by atoms with van der Waals surface area (Å²) < 4.78 is 11.9. The van der Waals surface area contributed by atoms with Crippen LogP contribution in [0.3, 0.4) is 0 Å². The van der Waals surface area contributed by atoms with Crippen LogP contribution in [0.15, 0.2) is 119 Å². The van der Waals surface area contributed by atoms with Gasteiger partial charge in [-0.25, -0.2) is 0 Å². The molecule has 0 fully saturated rings. The topological polar surface area (TPSA) is 129 Å². The first kappa shape index (κ1) is 23.2. The van der Waals surface area contributed by atoms with Crippen LogP contribution < -0.4 is 0 Å². The molecule has 0 unspecified atom stereocenters. The first-order valence-electron chi connectivity index (χ1n) is 12.3. The van der Waals surface area contributed by atoms with Crippen LogP contribution in [0.5, 0.6) is 0 Å². The van der Waals surface area contributed by atoms with Crippen LogP contribution in [-0.2, 0) is 0 Å². The van der Waals surface area contributed by atoms with Gasteiger partial charge in [0.2, 0.25) is 23.6 Å². The highest BCUT2D eigenvalue weighted by atomic mass is 16.4. The summed E-state index contributed by atoms with van der Waals surface area (Å²) >= 11 is 0. The molecule has 0 aliphatic heterocycles. The molecule has 6 heterocycles. The Morgan fingerprint density at radius 3 is 1.25 bits per heavy atom.